The molecule has 1 aromatic heterocycles. The molecular weight excluding hydrogens is 311 g/mol. The molecule has 0 atom stereocenters. The van der Waals surface area contributed by atoms with Crippen LogP contribution in [0.4, 0.5) is 13.2 Å². The fourth-order valence-corrected chi connectivity index (χ4v) is 2.83. The Labute approximate surface area is 103 Å². The molecule has 0 spiro atoms. The van der Waals surface area contributed by atoms with E-state index in [0.29, 0.717) is 13.1 Å². The van der Waals surface area contributed by atoms with Crippen molar-refractivity contribution in [3.63, 3.8) is 0 Å². The zero-order valence-electron chi connectivity index (χ0n) is 7.60. The zero-order valence-corrected chi connectivity index (χ0v) is 10.8. The van der Waals surface area contributed by atoms with E-state index < -0.39 is 5.51 Å². The number of thiophene rings is 1. The molecule has 1 N–H and O–H groups in total. The van der Waals surface area contributed by atoms with Crippen LogP contribution in [0.25, 0.3) is 0 Å². The van der Waals surface area contributed by atoms with E-state index in [1.807, 2.05) is 11.4 Å². The van der Waals surface area contributed by atoms with Crippen molar-refractivity contribution in [1.29, 1.82) is 0 Å². The van der Waals surface area contributed by atoms with Gasteiger partial charge in [-0.25, -0.2) is 0 Å². The van der Waals surface area contributed by atoms with Crippen LogP contribution in [0.2, 0.25) is 0 Å². The topological polar surface area (TPSA) is 12.0 Å². The molecule has 7 heteroatoms. The molecule has 0 unspecified atom stereocenters. The molecule has 1 rings (SSSR count). The van der Waals surface area contributed by atoms with Gasteiger partial charge in [0.05, 0.1) is 0 Å². The fraction of sp³-hybridized carbons (Fsp3) is 0.500. The predicted molar refractivity (Wildman–Crippen MR) is 62.2 cm³/mol. The Morgan fingerprint density at radius 2 is 2.20 bits per heavy atom. The number of alkyl halides is 3. The summed E-state index contributed by atoms with van der Waals surface area (Å²) >= 11 is 4.93. The van der Waals surface area contributed by atoms with Gasteiger partial charge in [0.1, 0.15) is 0 Å². The number of thioether (sulfide) groups is 1. The Morgan fingerprint density at radius 3 is 2.73 bits per heavy atom. The van der Waals surface area contributed by atoms with Crippen LogP contribution in [-0.4, -0.2) is 17.8 Å². The third kappa shape index (κ3) is 5.79. The van der Waals surface area contributed by atoms with Crippen LogP contribution >= 0.6 is 39.0 Å². The molecule has 0 bridgehead atoms. The summed E-state index contributed by atoms with van der Waals surface area (Å²) < 4.78 is 36.3. The normalized spacial score (nSPS) is 12.0. The van der Waals surface area contributed by atoms with Gasteiger partial charge < -0.3 is 5.32 Å². The largest absolute Gasteiger partial charge is 0.441 e. The Hall–Kier alpha value is 0.280. The molecule has 1 aromatic rings. The van der Waals surface area contributed by atoms with Crippen LogP contribution in [0, 0.1) is 0 Å². The van der Waals surface area contributed by atoms with Gasteiger partial charge in [0.2, 0.25) is 0 Å². The molecule has 0 fully saturated rings. The number of halogens is 4. The van der Waals surface area contributed by atoms with E-state index in [1.165, 1.54) is 0 Å². The first-order chi connectivity index (χ1) is 6.99. The minimum absolute atomic E-state index is 0.00415. The Morgan fingerprint density at radius 1 is 1.47 bits per heavy atom. The van der Waals surface area contributed by atoms with Gasteiger partial charge in [-0.2, -0.15) is 13.2 Å². The molecule has 1 nitrogen and oxygen atoms in total. The van der Waals surface area contributed by atoms with Gasteiger partial charge >= 0.3 is 5.51 Å². The van der Waals surface area contributed by atoms with Gasteiger partial charge in [-0.3, -0.25) is 0 Å². The highest BCUT2D eigenvalue weighted by molar-refractivity contribution is 9.10. The van der Waals surface area contributed by atoms with Crippen molar-refractivity contribution >= 4 is 39.0 Å². The van der Waals surface area contributed by atoms with Crippen molar-refractivity contribution in [3.8, 4) is 0 Å². The summed E-state index contributed by atoms with van der Waals surface area (Å²) in [5.74, 6) is 0.0481. The van der Waals surface area contributed by atoms with E-state index in [9.17, 15) is 13.2 Å². The number of rotatable bonds is 5. The monoisotopic (exact) mass is 319 g/mol. The Balaban J connectivity index is 2.10. The van der Waals surface area contributed by atoms with Gasteiger partial charge in [0.25, 0.3) is 0 Å². The summed E-state index contributed by atoms with van der Waals surface area (Å²) in [4.78, 5) is 1.10. The lowest BCUT2D eigenvalue weighted by Gasteiger charge is -2.06. The molecule has 0 radical (unpaired) electrons. The van der Waals surface area contributed by atoms with Crippen LogP contribution in [-0.2, 0) is 6.54 Å². The van der Waals surface area contributed by atoms with Crippen molar-refractivity contribution in [2.75, 3.05) is 12.3 Å². The van der Waals surface area contributed by atoms with E-state index in [-0.39, 0.29) is 17.5 Å². The summed E-state index contributed by atoms with van der Waals surface area (Å²) in [5.41, 5.74) is -4.12. The van der Waals surface area contributed by atoms with Gasteiger partial charge in [-0.05, 0) is 39.1 Å². The second kappa shape index (κ2) is 6.12. The van der Waals surface area contributed by atoms with E-state index in [4.69, 9.17) is 0 Å². The maximum atomic E-state index is 11.8. The summed E-state index contributed by atoms with van der Waals surface area (Å²) in [6, 6.07) is 1.92. The number of hydrogen-bond donors (Lipinski definition) is 1. The molecule has 0 aliphatic rings. The third-order valence-electron chi connectivity index (χ3n) is 1.52. The van der Waals surface area contributed by atoms with Gasteiger partial charge in [-0.15, -0.1) is 11.3 Å². The van der Waals surface area contributed by atoms with Crippen molar-refractivity contribution in [1.82, 2.24) is 5.32 Å². The highest BCUT2D eigenvalue weighted by Crippen LogP contribution is 2.29. The first-order valence-corrected chi connectivity index (χ1v) is 6.78. The first-order valence-electron chi connectivity index (χ1n) is 4.12. The van der Waals surface area contributed by atoms with Crippen LogP contribution in [0.1, 0.15) is 4.88 Å². The van der Waals surface area contributed by atoms with E-state index in [1.54, 1.807) is 11.3 Å². The highest BCUT2D eigenvalue weighted by atomic mass is 79.9. The lowest BCUT2D eigenvalue weighted by Crippen LogP contribution is -2.17. The van der Waals surface area contributed by atoms with E-state index in [0.717, 1.165) is 9.35 Å². The maximum Gasteiger partial charge on any atom is 0.441 e. The molecule has 0 saturated heterocycles. The van der Waals surface area contributed by atoms with Crippen LogP contribution in [0.5, 0.6) is 0 Å². The summed E-state index contributed by atoms with van der Waals surface area (Å²) in [7, 11) is 0. The first kappa shape index (κ1) is 13.3. The van der Waals surface area contributed by atoms with Gasteiger partial charge in [0.15, 0.2) is 0 Å². The molecule has 1 heterocycles. The lowest BCUT2D eigenvalue weighted by molar-refractivity contribution is -0.0327. The Kier molecular flexibility index (Phi) is 5.45. The average molecular weight is 320 g/mol. The van der Waals surface area contributed by atoms with Crippen LogP contribution in [0.3, 0.4) is 0 Å². The number of hydrogen-bond acceptors (Lipinski definition) is 3. The lowest BCUT2D eigenvalue weighted by atomic mass is 10.4. The quantitative estimate of drug-likeness (QED) is 0.827. The van der Waals surface area contributed by atoms with Crippen molar-refractivity contribution in [3.05, 3.63) is 20.8 Å². The summed E-state index contributed by atoms with van der Waals surface area (Å²) in [6.45, 7) is 0.963. The van der Waals surface area contributed by atoms with E-state index in [2.05, 4.69) is 21.2 Å². The molecular formula is C8H9BrF3NS2. The molecule has 0 aliphatic carbocycles. The summed E-state index contributed by atoms with van der Waals surface area (Å²) in [5, 5.41) is 4.90. The smallest absolute Gasteiger partial charge is 0.311 e. The molecule has 15 heavy (non-hydrogen) atoms. The Bertz CT molecular complexity index is 300. The van der Waals surface area contributed by atoms with Crippen LogP contribution < -0.4 is 5.32 Å². The van der Waals surface area contributed by atoms with Gasteiger partial charge in [-0.1, -0.05) is 0 Å². The van der Waals surface area contributed by atoms with Crippen molar-refractivity contribution in [2.45, 2.75) is 12.1 Å². The SMILES string of the molecule is FC(F)(F)SCCNCc1sccc1Br. The molecule has 0 aromatic carbocycles. The summed E-state index contributed by atoms with van der Waals surface area (Å²) in [6.07, 6.45) is 0. The fourth-order valence-electron chi connectivity index (χ4n) is 0.892. The standard InChI is InChI=1S/C8H9BrF3NS2/c9-6-1-3-14-7(6)5-13-2-4-15-8(10,11)12/h1,3,13H,2,4-5H2. The third-order valence-corrected chi connectivity index (χ3v) is 4.18. The zero-order chi connectivity index (χ0) is 11.3. The second-order valence-corrected chi connectivity index (χ2v) is 5.68. The van der Waals surface area contributed by atoms with Crippen molar-refractivity contribution in [2.24, 2.45) is 0 Å². The molecule has 86 valence electrons. The predicted octanol–water partition coefficient (Wildman–Crippen LogP) is 3.85. The van der Waals surface area contributed by atoms with Gasteiger partial charge in [0, 0.05) is 28.2 Å². The minimum atomic E-state index is -4.12. The molecule has 0 saturated carbocycles. The second-order valence-electron chi connectivity index (χ2n) is 2.66. The highest BCUT2D eigenvalue weighted by Gasteiger charge is 2.27. The number of nitrogens with one attached hydrogen (secondary N) is 1. The maximum absolute atomic E-state index is 11.8. The average Bonchev–Trinajstić information content (AvgIpc) is 2.49. The van der Waals surface area contributed by atoms with Crippen molar-refractivity contribution < 1.29 is 13.2 Å². The molecule has 0 aliphatic heterocycles. The molecule has 0 amide bonds. The minimum Gasteiger partial charge on any atom is -0.311 e. The van der Waals surface area contributed by atoms with E-state index >= 15 is 0 Å². The van der Waals surface area contributed by atoms with Crippen LogP contribution in [0.15, 0.2) is 15.9 Å².